The predicted molar refractivity (Wildman–Crippen MR) is 75.0 cm³/mol. The second kappa shape index (κ2) is 6.92. The summed E-state index contributed by atoms with van der Waals surface area (Å²) in [6.07, 6.45) is -0.516. The molecule has 0 saturated heterocycles. The summed E-state index contributed by atoms with van der Waals surface area (Å²) in [5, 5.41) is 2.72. The highest BCUT2D eigenvalue weighted by Gasteiger charge is 2.16. The average molecular weight is 263 g/mol. The molecular weight excluding hydrogens is 242 g/mol. The van der Waals surface area contributed by atoms with Crippen LogP contribution in [-0.4, -0.2) is 18.0 Å². The van der Waals surface area contributed by atoms with Gasteiger partial charge in [-0.1, -0.05) is 32.9 Å². The minimum absolute atomic E-state index is 0.265. The number of rotatable bonds is 5. The van der Waals surface area contributed by atoms with Crippen LogP contribution in [0.1, 0.15) is 45.6 Å². The Morgan fingerprint density at radius 3 is 2.21 bits per heavy atom. The van der Waals surface area contributed by atoms with Gasteiger partial charge in [0.2, 0.25) is 0 Å². The van der Waals surface area contributed by atoms with Crippen LogP contribution in [0, 0.1) is 0 Å². The van der Waals surface area contributed by atoms with E-state index in [0.29, 0.717) is 11.6 Å². The third kappa shape index (κ3) is 4.73. The first-order valence-electron chi connectivity index (χ1n) is 6.54. The van der Waals surface area contributed by atoms with E-state index in [-0.39, 0.29) is 18.3 Å². The molecule has 0 heterocycles. The first-order chi connectivity index (χ1) is 8.93. The molecule has 0 saturated carbocycles. The lowest BCUT2D eigenvalue weighted by Gasteiger charge is -2.13. The van der Waals surface area contributed by atoms with Gasteiger partial charge >= 0.3 is 5.97 Å². The Labute approximate surface area is 114 Å². The van der Waals surface area contributed by atoms with Gasteiger partial charge in [-0.25, -0.2) is 0 Å². The van der Waals surface area contributed by atoms with Crippen molar-refractivity contribution in [2.24, 2.45) is 0 Å². The quantitative estimate of drug-likeness (QED) is 0.830. The molecule has 1 aromatic carbocycles. The number of amides is 1. The maximum absolute atomic E-state index is 11.8. The molecule has 4 nitrogen and oxygen atoms in total. The van der Waals surface area contributed by atoms with Crippen molar-refractivity contribution in [1.82, 2.24) is 0 Å². The maximum Gasteiger partial charge on any atom is 0.306 e. The molecule has 0 aliphatic carbocycles. The lowest BCUT2D eigenvalue weighted by Crippen LogP contribution is -2.29. The SMILES string of the molecule is CCC(=O)O[C@H](C)C(=O)Nc1ccc(C(C)C)cc1. The number of hydrogen-bond acceptors (Lipinski definition) is 3. The fourth-order valence-corrected chi connectivity index (χ4v) is 1.53. The summed E-state index contributed by atoms with van der Waals surface area (Å²) in [6, 6.07) is 7.65. The van der Waals surface area contributed by atoms with Crippen LogP contribution in [0.2, 0.25) is 0 Å². The minimum Gasteiger partial charge on any atom is -0.453 e. The molecule has 4 heteroatoms. The highest BCUT2D eigenvalue weighted by Crippen LogP contribution is 2.17. The van der Waals surface area contributed by atoms with Crippen LogP contribution in [0.4, 0.5) is 5.69 Å². The van der Waals surface area contributed by atoms with Gasteiger partial charge in [0.1, 0.15) is 0 Å². The Morgan fingerprint density at radius 1 is 1.16 bits per heavy atom. The van der Waals surface area contributed by atoms with Crippen LogP contribution in [0.5, 0.6) is 0 Å². The molecule has 1 N–H and O–H groups in total. The molecule has 0 bridgehead atoms. The third-order valence-electron chi connectivity index (χ3n) is 2.81. The van der Waals surface area contributed by atoms with E-state index < -0.39 is 6.10 Å². The summed E-state index contributed by atoms with van der Waals surface area (Å²) in [7, 11) is 0. The van der Waals surface area contributed by atoms with E-state index in [9.17, 15) is 9.59 Å². The van der Waals surface area contributed by atoms with Crippen molar-refractivity contribution in [1.29, 1.82) is 0 Å². The van der Waals surface area contributed by atoms with Gasteiger partial charge in [-0.15, -0.1) is 0 Å². The van der Waals surface area contributed by atoms with Crippen LogP contribution in [0.3, 0.4) is 0 Å². The highest BCUT2D eigenvalue weighted by molar-refractivity contribution is 5.95. The van der Waals surface area contributed by atoms with Gasteiger partial charge in [0, 0.05) is 12.1 Å². The van der Waals surface area contributed by atoms with Crippen LogP contribution < -0.4 is 5.32 Å². The van der Waals surface area contributed by atoms with Crippen LogP contribution in [-0.2, 0) is 14.3 Å². The zero-order valence-corrected chi connectivity index (χ0v) is 11.9. The molecule has 1 atom stereocenters. The van der Waals surface area contributed by atoms with Crippen LogP contribution >= 0.6 is 0 Å². The Balaban J connectivity index is 2.59. The zero-order chi connectivity index (χ0) is 14.4. The van der Waals surface area contributed by atoms with Crippen LogP contribution in [0.15, 0.2) is 24.3 Å². The van der Waals surface area contributed by atoms with Crippen molar-refractivity contribution in [3.05, 3.63) is 29.8 Å². The van der Waals surface area contributed by atoms with Crippen molar-refractivity contribution in [2.75, 3.05) is 5.32 Å². The minimum atomic E-state index is -0.780. The van der Waals surface area contributed by atoms with Crippen molar-refractivity contribution < 1.29 is 14.3 Å². The molecule has 1 aromatic rings. The molecule has 0 spiro atoms. The molecule has 104 valence electrons. The Kier molecular flexibility index (Phi) is 5.55. The van der Waals surface area contributed by atoms with E-state index in [1.54, 1.807) is 13.8 Å². The standard InChI is InChI=1S/C15H21NO3/c1-5-14(17)19-11(4)15(18)16-13-8-6-12(7-9-13)10(2)3/h6-11H,5H2,1-4H3,(H,16,18)/t11-/m1/s1. The number of nitrogens with one attached hydrogen (secondary N) is 1. The maximum atomic E-state index is 11.8. The van der Waals surface area contributed by atoms with Crippen molar-refractivity contribution in [3.63, 3.8) is 0 Å². The molecule has 19 heavy (non-hydrogen) atoms. The summed E-state index contributed by atoms with van der Waals surface area (Å²) in [5.74, 6) is -0.244. The smallest absolute Gasteiger partial charge is 0.306 e. The summed E-state index contributed by atoms with van der Waals surface area (Å²) in [6.45, 7) is 7.47. The fraction of sp³-hybridized carbons (Fsp3) is 0.467. The first kappa shape index (κ1) is 15.2. The van der Waals surface area contributed by atoms with Gasteiger partial charge in [-0.2, -0.15) is 0 Å². The Morgan fingerprint density at radius 2 is 1.74 bits per heavy atom. The largest absolute Gasteiger partial charge is 0.453 e. The molecule has 0 radical (unpaired) electrons. The van der Waals surface area contributed by atoms with Gasteiger partial charge in [-0.3, -0.25) is 9.59 Å². The zero-order valence-electron chi connectivity index (χ0n) is 11.9. The summed E-state index contributed by atoms with van der Waals surface area (Å²) in [5.41, 5.74) is 1.91. The molecule has 0 aliphatic heterocycles. The summed E-state index contributed by atoms with van der Waals surface area (Å²) >= 11 is 0. The number of benzene rings is 1. The van der Waals surface area contributed by atoms with E-state index in [4.69, 9.17) is 4.74 Å². The molecule has 1 amide bonds. The number of hydrogen-bond donors (Lipinski definition) is 1. The number of carbonyl (C=O) groups excluding carboxylic acids is 2. The fourth-order valence-electron chi connectivity index (χ4n) is 1.53. The molecule has 0 aromatic heterocycles. The lowest BCUT2D eigenvalue weighted by molar-refractivity contribution is -0.152. The van der Waals surface area contributed by atoms with Crippen molar-refractivity contribution in [3.8, 4) is 0 Å². The van der Waals surface area contributed by atoms with E-state index in [2.05, 4.69) is 19.2 Å². The van der Waals surface area contributed by atoms with Gasteiger partial charge < -0.3 is 10.1 Å². The Bertz CT molecular complexity index is 437. The highest BCUT2D eigenvalue weighted by atomic mass is 16.5. The second-order valence-corrected chi connectivity index (χ2v) is 4.75. The predicted octanol–water partition coefficient (Wildman–Crippen LogP) is 3.09. The average Bonchev–Trinajstić information content (AvgIpc) is 2.38. The van der Waals surface area contributed by atoms with Gasteiger partial charge in [-0.05, 0) is 30.5 Å². The monoisotopic (exact) mass is 263 g/mol. The van der Waals surface area contributed by atoms with Crippen LogP contribution in [0.25, 0.3) is 0 Å². The second-order valence-electron chi connectivity index (χ2n) is 4.75. The van der Waals surface area contributed by atoms with E-state index >= 15 is 0 Å². The van der Waals surface area contributed by atoms with E-state index in [1.165, 1.54) is 5.56 Å². The molecular formula is C15H21NO3. The Hall–Kier alpha value is -1.84. The normalized spacial score (nSPS) is 12.1. The van der Waals surface area contributed by atoms with Gasteiger partial charge in [0.05, 0.1) is 0 Å². The number of anilines is 1. The first-order valence-corrected chi connectivity index (χ1v) is 6.54. The molecule has 0 fully saturated rings. The topological polar surface area (TPSA) is 55.4 Å². The van der Waals surface area contributed by atoms with Crippen molar-refractivity contribution >= 4 is 17.6 Å². The summed E-state index contributed by atoms with van der Waals surface area (Å²) in [4.78, 5) is 22.9. The van der Waals surface area contributed by atoms with E-state index in [0.717, 1.165) is 0 Å². The lowest BCUT2D eigenvalue weighted by atomic mass is 10.0. The van der Waals surface area contributed by atoms with Gasteiger partial charge in [0.25, 0.3) is 5.91 Å². The number of esters is 1. The molecule has 0 unspecified atom stereocenters. The number of carbonyl (C=O) groups is 2. The summed E-state index contributed by atoms with van der Waals surface area (Å²) < 4.78 is 4.94. The third-order valence-corrected chi connectivity index (χ3v) is 2.81. The molecule has 1 rings (SSSR count). The van der Waals surface area contributed by atoms with Crippen molar-refractivity contribution in [2.45, 2.75) is 46.1 Å². The number of ether oxygens (including phenoxy) is 1. The molecule has 0 aliphatic rings. The van der Waals surface area contributed by atoms with Gasteiger partial charge in [0.15, 0.2) is 6.10 Å². The van der Waals surface area contributed by atoms with E-state index in [1.807, 2.05) is 24.3 Å².